The molecule has 6 heteroatoms. The molecule has 27 heavy (non-hydrogen) atoms. The van der Waals surface area contributed by atoms with Gasteiger partial charge in [-0.05, 0) is 50.2 Å². The van der Waals surface area contributed by atoms with Crippen molar-refractivity contribution < 1.29 is 9.59 Å². The monoisotopic (exact) mass is 362 g/mol. The number of hydrogen-bond donors (Lipinski definition) is 2. The summed E-state index contributed by atoms with van der Waals surface area (Å²) in [5.74, 6) is -0.783. The third kappa shape index (κ3) is 4.06. The third-order valence-corrected chi connectivity index (χ3v) is 4.32. The number of fused-ring (bicyclic) bond motifs is 1. The second-order valence-corrected chi connectivity index (χ2v) is 6.67. The minimum Gasteiger partial charge on any atom is -0.378 e. The lowest BCUT2D eigenvalue weighted by Crippen LogP contribution is -2.42. The molecule has 0 aliphatic carbocycles. The third-order valence-electron chi connectivity index (χ3n) is 4.32. The van der Waals surface area contributed by atoms with Crippen LogP contribution in [0, 0.1) is 13.8 Å². The van der Waals surface area contributed by atoms with Crippen molar-refractivity contribution in [2.75, 3.05) is 19.0 Å². The van der Waals surface area contributed by atoms with E-state index >= 15 is 0 Å². The van der Waals surface area contributed by atoms with Gasteiger partial charge in [-0.25, -0.2) is 0 Å². The molecule has 3 rings (SSSR count). The molecule has 2 aromatic carbocycles. The Morgan fingerprint density at radius 1 is 0.926 bits per heavy atom. The number of carbonyl (C=O) groups is 2. The van der Waals surface area contributed by atoms with Crippen LogP contribution in [0.4, 0.5) is 5.69 Å². The number of hydrogen-bond acceptors (Lipinski definition) is 4. The first kappa shape index (κ1) is 18.4. The molecule has 0 radical (unpaired) electrons. The number of pyridine rings is 1. The number of rotatable bonds is 3. The lowest BCUT2D eigenvalue weighted by atomic mass is 10.1. The quantitative estimate of drug-likeness (QED) is 0.703. The van der Waals surface area contributed by atoms with Gasteiger partial charge in [0.25, 0.3) is 11.8 Å². The summed E-state index contributed by atoms with van der Waals surface area (Å²) in [5.41, 5.74) is 9.26. The van der Waals surface area contributed by atoms with Gasteiger partial charge < -0.3 is 4.90 Å². The summed E-state index contributed by atoms with van der Waals surface area (Å²) in [4.78, 5) is 31.2. The summed E-state index contributed by atoms with van der Waals surface area (Å²) < 4.78 is 0. The molecule has 0 saturated carbocycles. The zero-order valence-corrected chi connectivity index (χ0v) is 15.8. The highest BCUT2D eigenvalue weighted by atomic mass is 16.2. The van der Waals surface area contributed by atoms with Crippen LogP contribution in [0.5, 0.6) is 0 Å². The van der Waals surface area contributed by atoms with Crippen LogP contribution in [-0.2, 0) is 0 Å². The molecule has 6 nitrogen and oxygen atoms in total. The predicted molar refractivity (Wildman–Crippen MR) is 107 cm³/mol. The fraction of sp³-hybridized carbons (Fsp3) is 0.190. The molecule has 0 atom stereocenters. The highest BCUT2D eigenvalue weighted by Gasteiger charge is 2.14. The minimum absolute atomic E-state index is 0.380. The molecular weight excluding hydrogens is 340 g/mol. The van der Waals surface area contributed by atoms with E-state index in [4.69, 9.17) is 0 Å². The molecule has 0 spiro atoms. The van der Waals surface area contributed by atoms with E-state index in [0.717, 1.165) is 22.2 Å². The summed E-state index contributed by atoms with van der Waals surface area (Å²) in [6.07, 6.45) is 0. The van der Waals surface area contributed by atoms with Crippen molar-refractivity contribution in [3.05, 3.63) is 70.9 Å². The van der Waals surface area contributed by atoms with E-state index in [1.54, 1.807) is 31.2 Å². The van der Waals surface area contributed by atoms with Crippen molar-refractivity contribution in [2.24, 2.45) is 0 Å². The van der Waals surface area contributed by atoms with E-state index < -0.39 is 5.91 Å². The standard InChI is InChI=1S/C21H22N4O2/c1-13-8-9-19-16(10-13)12-18(14(2)22-19)21(27)24-23-20(26)15-6-5-7-17(11-15)25(3)4/h5-12H,1-4H3,(H,23,26)(H,24,27). The molecule has 0 aliphatic rings. The number of hydrazine groups is 1. The second-order valence-electron chi connectivity index (χ2n) is 6.67. The van der Waals surface area contributed by atoms with Gasteiger partial charge in [-0.1, -0.05) is 17.7 Å². The Bertz CT molecular complexity index is 1030. The maximum Gasteiger partial charge on any atom is 0.271 e. The van der Waals surface area contributed by atoms with Gasteiger partial charge in [-0.2, -0.15) is 0 Å². The SMILES string of the molecule is Cc1ccc2nc(C)c(C(=O)NNC(=O)c3cccc(N(C)C)c3)cc2c1. The van der Waals surface area contributed by atoms with Crippen molar-refractivity contribution in [1.82, 2.24) is 15.8 Å². The minimum atomic E-state index is -0.402. The lowest BCUT2D eigenvalue weighted by Gasteiger charge is -2.14. The zero-order valence-electron chi connectivity index (χ0n) is 15.8. The van der Waals surface area contributed by atoms with Crippen molar-refractivity contribution in [3.8, 4) is 0 Å². The number of amides is 2. The van der Waals surface area contributed by atoms with Gasteiger partial charge in [-0.15, -0.1) is 0 Å². The van der Waals surface area contributed by atoms with Gasteiger partial charge in [-0.3, -0.25) is 25.4 Å². The van der Waals surface area contributed by atoms with E-state index in [1.165, 1.54) is 0 Å². The molecule has 138 valence electrons. The molecule has 0 fully saturated rings. The maximum atomic E-state index is 12.5. The van der Waals surface area contributed by atoms with Crippen molar-refractivity contribution in [3.63, 3.8) is 0 Å². The second kappa shape index (κ2) is 7.45. The highest BCUT2D eigenvalue weighted by Crippen LogP contribution is 2.18. The molecule has 1 heterocycles. The van der Waals surface area contributed by atoms with Gasteiger partial charge in [0.1, 0.15) is 0 Å². The van der Waals surface area contributed by atoms with E-state index in [0.29, 0.717) is 16.8 Å². The van der Waals surface area contributed by atoms with E-state index in [1.807, 2.05) is 50.2 Å². The first-order valence-corrected chi connectivity index (χ1v) is 8.61. The number of nitrogens with one attached hydrogen (secondary N) is 2. The number of anilines is 1. The Hall–Kier alpha value is -3.41. The maximum absolute atomic E-state index is 12.5. The first-order chi connectivity index (χ1) is 12.8. The zero-order chi connectivity index (χ0) is 19.6. The van der Waals surface area contributed by atoms with Gasteiger partial charge in [0.2, 0.25) is 0 Å². The summed E-state index contributed by atoms with van der Waals surface area (Å²) in [6.45, 7) is 3.76. The smallest absolute Gasteiger partial charge is 0.271 e. The number of aromatic nitrogens is 1. The largest absolute Gasteiger partial charge is 0.378 e. The Kier molecular flexibility index (Phi) is 5.07. The fourth-order valence-electron chi connectivity index (χ4n) is 2.80. The van der Waals surface area contributed by atoms with Gasteiger partial charge in [0.05, 0.1) is 16.8 Å². The topological polar surface area (TPSA) is 74.3 Å². The summed E-state index contributed by atoms with van der Waals surface area (Å²) >= 11 is 0. The van der Waals surface area contributed by atoms with Crippen molar-refractivity contribution in [1.29, 1.82) is 0 Å². The van der Waals surface area contributed by atoms with E-state index in [2.05, 4.69) is 15.8 Å². The van der Waals surface area contributed by atoms with Crippen LogP contribution in [-0.4, -0.2) is 30.9 Å². The molecule has 0 aliphatic heterocycles. The van der Waals surface area contributed by atoms with Crippen LogP contribution in [0.2, 0.25) is 0 Å². The van der Waals surface area contributed by atoms with Crippen molar-refractivity contribution >= 4 is 28.4 Å². The number of benzene rings is 2. The van der Waals surface area contributed by atoms with Crippen LogP contribution in [0.1, 0.15) is 32.0 Å². The summed E-state index contributed by atoms with van der Waals surface area (Å²) in [7, 11) is 3.80. The van der Waals surface area contributed by atoms with Crippen LogP contribution < -0.4 is 15.8 Å². The average molecular weight is 362 g/mol. The Balaban J connectivity index is 1.76. The molecule has 0 unspecified atom stereocenters. The number of carbonyl (C=O) groups excluding carboxylic acids is 2. The predicted octanol–water partition coefficient (Wildman–Crippen LogP) is 2.99. The fourth-order valence-corrected chi connectivity index (χ4v) is 2.80. The number of nitrogens with zero attached hydrogens (tertiary/aromatic N) is 2. The van der Waals surface area contributed by atoms with Crippen LogP contribution >= 0.6 is 0 Å². The van der Waals surface area contributed by atoms with Gasteiger partial charge in [0, 0.05) is 30.7 Å². The Morgan fingerprint density at radius 2 is 1.67 bits per heavy atom. The van der Waals surface area contributed by atoms with Gasteiger partial charge in [0.15, 0.2) is 0 Å². The first-order valence-electron chi connectivity index (χ1n) is 8.61. The van der Waals surface area contributed by atoms with E-state index in [-0.39, 0.29) is 5.91 Å². The lowest BCUT2D eigenvalue weighted by molar-refractivity contribution is 0.0846. The van der Waals surface area contributed by atoms with Gasteiger partial charge >= 0.3 is 0 Å². The van der Waals surface area contributed by atoms with Crippen molar-refractivity contribution in [2.45, 2.75) is 13.8 Å². The Labute approximate surface area is 158 Å². The van der Waals surface area contributed by atoms with Crippen LogP contribution in [0.25, 0.3) is 10.9 Å². The normalized spacial score (nSPS) is 10.5. The molecule has 2 amide bonds. The highest BCUT2D eigenvalue weighted by molar-refractivity contribution is 6.01. The molecule has 0 bridgehead atoms. The molecule has 1 aromatic heterocycles. The Morgan fingerprint density at radius 3 is 2.41 bits per heavy atom. The molecule has 0 saturated heterocycles. The van der Waals surface area contributed by atoms with E-state index in [9.17, 15) is 9.59 Å². The number of aryl methyl sites for hydroxylation is 2. The van der Waals surface area contributed by atoms with Crippen LogP contribution in [0.3, 0.4) is 0 Å². The summed E-state index contributed by atoms with van der Waals surface area (Å²) in [6, 6.07) is 14.8. The summed E-state index contributed by atoms with van der Waals surface area (Å²) in [5, 5.41) is 0.885. The average Bonchev–Trinajstić information content (AvgIpc) is 2.65. The molecule has 2 N–H and O–H groups in total. The molecule has 3 aromatic rings. The molecular formula is C21H22N4O2. The van der Waals surface area contributed by atoms with Crippen LogP contribution in [0.15, 0.2) is 48.5 Å².